The summed E-state index contributed by atoms with van der Waals surface area (Å²) in [6.07, 6.45) is 2.60. The molecule has 0 aromatic carbocycles. The SMILES string of the molecule is COc1c(CNCC2CCN(C)CC2)c(C)nn1C. The normalized spacial score (nSPS) is 17.9. The standard InChI is InChI=1S/C14H26N4O/c1-11-13(14(19-4)18(3)16-11)10-15-9-12-5-7-17(2)8-6-12/h12,15H,5-10H2,1-4H3. The Balaban J connectivity index is 1.82. The van der Waals surface area contributed by atoms with Crippen molar-refractivity contribution in [2.45, 2.75) is 26.3 Å². The Labute approximate surface area is 115 Å². The van der Waals surface area contributed by atoms with Crippen LogP contribution in [-0.2, 0) is 13.6 Å². The lowest BCUT2D eigenvalue weighted by Crippen LogP contribution is -2.34. The lowest BCUT2D eigenvalue weighted by molar-refractivity contribution is 0.215. The van der Waals surface area contributed by atoms with Crippen LogP contribution in [-0.4, -0.2) is 48.5 Å². The van der Waals surface area contributed by atoms with E-state index in [1.54, 1.807) is 7.11 Å². The van der Waals surface area contributed by atoms with E-state index in [0.717, 1.165) is 30.6 Å². The number of hydrogen-bond acceptors (Lipinski definition) is 4. The first-order valence-electron chi connectivity index (χ1n) is 7.07. The van der Waals surface area contributed by atoms with Gasteiger partial charge in [0.05, 0.1) is 18.4 Å². The smallest absolute Gasteiger partial charge is 0.216 e. The highest BCUT2D eigenvalue weighted by Gasteiger charge is 2.17. The molecule has 0 bridgehead atoms. The summed E-state index contributed by atoms with van der Waals surface area (Å²) in [6, 6.07) is 0. The van der Waals surface area contributed by atoms with Gasteiger partial charge in [-0.1, -0.05) is 0 Å². The molecule has 1 saturated heterocycles. The van der Waals surface area contributed by atoms with Crippen LogP contribution >= 0.6 is 0 Å². The molecule has 1 aromatic rings. The van der Waals surface area contributed by atoms with Crippen LogP contribution in [0.2, 0.25) is 0 Å². The van der Waals surface area contributed by atoms with Gasteiger partial charge in [-0.25, -0.2) is 4.68 Å². The Morgan fingerprint density at radius 3 is 2.63 bits per heavy atom. The Bertz CT molecular complexity index is 408. The fraction of sp³-hybridized carbons (Fsp3) is 0.786. The first-order chi connectivity index (χ1) is 9.11. The van der Waals surface area contributed by atoms with Crippen molar-refractivity contribution >= 4 is 0 Å². The van der Waals surface area contributed by atoms with Crippen molar-refractivity contribution in [2.24, 2.45) is 13.0 Å². The van der Waals surface area contributed by atoms with Crippen LogP contribution in [0.25, 0.3) is 0 Å². The van der Waals surface area contributed by atoms with Crippen molar-refractivity contribution in [1.82, 2.24) is 20.0 Å². The zero-order valence-electron chi connectivity index (χ0n) is 12.6. The maximum atomic E-state index is 5.41. The van der Waals surface area contributed by atoms with E-state index in [9.17, 15) is 0 Å². The predicted molar refractivity (Wildman–Crippen MR) is 76.4 cm³/mol. The Morgan fingerprint density at radius 1 is 1.32 bits per heavy atom. The molecule has 5 nitrogen and oxygen atoms in total. The monoisotopic (exact) mass is 266 g/mol. The molecule has 19 heavy (non-hydrogen) atoms. The highest BCUT2D eigenvalue weighted by atomic mass is 16.5. The number of ether oxygens (including phenoxy) is 1. The van der Waals surface area contributed by atoms with Gasteiger partial charge in [-0.15, -0.1) is 0 Å². The van der Waals surface area contributed by atoms with Crippen LogP contribution in [0.3, 0.4) is 0 Å². The summed E-state index contributed by atoms with van der Waals surface area (Å²) in [5.41, 5.74) is 2.23. The van der Waals surface area contributed by atoms with Gasteiger partial charge in [-0.2, -0.15) is 5.10 Å². The number of aryl methyl sites for hydroxylation is 2. The Hall–Kier alpha value is -1.07. The topological polar surface area (TPSA) is 42.3 Å². The van der Waals surface area contributed by atoms with E-state index in [0.29, 0.717) is 0 Å². The average molecular weight is 266 g/mol. The molecular weight excluding hydrogens is 240 g/mol. The quantitative estimate of drug-likeness (QED) is 0.869. The largest absolute Gasteiger partial charge is 0.481 e. The number of likely N-dealkylation sites (tertiary alicyclic amines) is 1. The average Bonchev–Trinajstić information content (AvgIpc) is 2.66. The lowest BCUT2D eigenvalue weighted by Gasteiger charge is -2.29. The number of aromatic nitrogens is 2. The summed E-state index contributed by atoms with van der Waals surface area (Å²) in [6.45, 7) is 6.42. The third-order valence-corrected chi connectivity index (χ3v) is 4.06. The van der Waals surface area contributed by atoms with Crippen molar-refractivity contribution in [1.29, 1.82) is 0 Å². The minimum absolute atomic E-state index is 0.805. The maximum Gasteiger partial charge on any atom is 0.216 e. The van der Waals surface area contributed by atoms with Crippen LogP contribution in [0.4, 0.5) is 0 Å². The number of rotatable bonds is 5. The number of methoxy groups -OCH3 is 1. The Kier molecular flexibility index (Phi) is 4.82. The number of piperidine rings is 1. The molecule has 0 amide bonds. The van der Waals surface area contributed by atoms with Crippen LogP contribution < -0.4 is 10.1 Å². The fourth-order valence-electron chi connectivity index (χ4n) is 2.81. The molecule has 0 spiro atoms. The number of hydrogen-bond donors (Lipinski definition) is 1. The van der Waals surface area contributed by atoms with Crippen LogP contribution in [0.1, 0.15) is 24.1 Å². The molecule has 2 rings (SSSR count). The predicted octanol–water partition coefficient (Wildman–Crippen LogP) is 1.17. The molecule has 1 fully saturated rings. The molecule has 2 heterocycles. The second-order valence-electron chi connectivity index (χ2n) is 5.57. The van der Waals surface area contributed by atoms with Gasteiger partial charge in [0.15, 0.2) is 0 Å². The van der Waals surface area contributed by atoms with Gasteiger partial charge in [-0.3, -0.25) is 0 Å². The summed E-state index contributed by atoms with van der Waals surface area (Å²) in [7, 11) is 5.83. The zero-order valence-corrected chi connectivity index (χ0v) is 12.6. The summed E-state index contributed by atoms with van der Waals surface area (Å²) in [4.78, 5) is 2.41. The van der Waals surface area contributed by atoms with Gasteiger partial charge in [0.1, 0.15) is 0 Å². The number of nitrogens with one attached hydrogen (secondary N) is 1. The first-order valence-corrected chi connectivity index (χ1v) is 7.07. The third-order valence-electron chi connectivity index (χ3n) is 4.06. The van der Waals surface area contributed by atoms with Crippen molar-refractivity contribution in [3.05, 3.63) is 11.3 Å². The Morgan fingerprint density at radius 2 is 2.00 bits per heavy atom. The molecular formula is C14H26N4O. The molecule has 0 saturated carbocycles. The van der Waals surface area contributed by atoms with E-state index in [1.807, 2.05) is 18.7 Å². The highest BCUT2D eigenvalue weighted by Crippen LogP contribution is 2.21. The van der Waals surface area contributed by atoms with Crippen LogP contribution in [0, 0.1) is 12.8 Å². The van der Waals surface area contributed by atoms with E-state index in [4.69, 9.17) is 4.74 Å². The molecule has 1 aliphatic heterocycles. The van der Waals surface area contributed by atoms with Gasteiger partial charge >= 0.3 is 0 Å². The zero-order chi connectivity index (χ0) is 13.8. The lowest BCUT2D eigenvalue weighted by atomic mass is 9.97. The molecule has 0 atom stereocenters. The molecule has 1 N–H and O–H groups in total. The summed E-state index contributed by atoms with van der Waals surface area (Å²) >= 11 is 0. The summed E-state index contributed by atoms with van der Waals surface area (Å²) < 4.78 is 7.21. The van der Waals surface area contributed by atoms with Gasteiger partial charge < -0.3 is 15.0 Å². The maximum absolute atomic E-state index is 5.41. The van der Waals surface area contributed by atoms with E-state index in [1.165, 1.54) is 31.5 Å². The first kappa shape index (κ1) is 14.3. The van der Waals surface area contributed by atoms with Crippen LogP contribution in [0.15, 0.2) is 0 Å². The van der Waals surface area contributed by atoms with Crippen molar-refractivity contribution < 1.29 is 4.74 Å². The van der Waals surface area contributed by atoms with Crippen molar-refractivity contribution in [3.63, 3.8) is 0 Å². The van der Waals surface area contributed by atoms with Crippen LogP contribution in [0.5, 0.6) is 5.88 Å². The van der Waals surface area contributed by atoms with Gasteiger partial charge in [-0.05, 0) is 52.4 Å². The van der Waals surface area contributed by atoms with Crippen molar-refractivity contribution in [2.75, 3.05) is 33.8 Å². The second-order valence-corrected chi connectivity index (χ2v) is 5.57. The molecule has 1 aromatic heterocycles. The molecule has 0 unspecified atom stereocenters. The summed E-state index contributed by atoms with van der Waals surface area (Å²) in [5.74, 6) is 1.67. The van der Waals surface area contributed by atoms with E-state index >= 15 is 0 Å². The molecule has 0 aliphatic carbocycles. The van der Waals surface area contributed by atoms with E-state index < -0.39 is 0 Å². The minimum atomic E-state index is 0.805. The van der Waals surface area contributed by atoms with Crippen molar-refractivity contribution in [3.8, 4) is 5.88 Å². The van der Waals surface area contributed by atoms with Gasteiger partial charge in [0, 0.05) is 13.6 Å². The van der Waals surface area contributed by atoms with Gasteiger partial charge in [0.25, 0.3) is 0 Å². The fourth-order valence-corrected chi connectivity index (χ4v) is 2.81. The molecule has 5 heteroatoms. The molecule has 1 aliphatic rings. The molecule has 108 valence electrons. The highest BCUT2D eigenvalue weighted by molar-refractivity contribution is 5.30. The minimum Gasteiger partial charge on any atom is -0.481 e. The van der Waals surface area contributed by atoms with E-state index in [2.05, 4.69) is 22.4 Å². The summed E-state index contributed by atoms with van der Waals surface area (Å²) in [5, 5.41) is 7.97. The third kappa shape index (κ3) is 3.48. The molecule has 0 radical (unpaired) electrons. The second kappa shape index (κ2) is 6.39. The van der Waals surface area contributed by atoms with E-state index in [-0.39, 0.29) is 0 Å². The number of nitrogens with zero attached hydrogens (tertiary/aromatic N) is 3. The van der Waals surface area contributed by atoms with Gasteiger partial charge in [0.2, 0.25) is 5.88 Å².